The molecule has 3 aromatic rings. The molecule has 0 aliphatic heterocycles. The topological polar surface area (TPSA) is 77.2 Å². The molecule has 122 valence electrons. The van der Waals surface area contributed by atoms with Crippen molar-refractivity contribution < 1.29 is 9.53 Å². The van der Waals surface area contributed by atoms with Crippen molar-refractivity contribution in [2.45, 2.75) is 6.92 Å². The Morgan fingerprint density at radius 1 is 1.17 bits per heavy atom. The number of thiazole rings is 1. The number of benzene rings is 2. The van der Waals surface area contributed by atoms with Crippen molar-refractivity contribution in [3.63, 3.8) is 0 Å². The van der Waals surface area contributed by atoms with Crippen LogP contribution in [0.15, 0.2) is 53.9 Å². The van der Waals surface area contributed by atoms with Gasteiger partial charge in [0.1, 0.15) is 5.75 Å². The predicted molar refractivity (Wildman–Crippen MR) is 97.3 cm³/mol. The maximum atomic E-state index is 11.9. The Balaban J connectivity index is 1.55. The van der Waals surface area contributed by atoms with Gasteiger partial charge in [-0.15, -0.1) is 11.3 Å². The molecule has 0 fully saturated rings. The number of anilines is 2. The number of nitrogens with one attached hydrogen (secondary N) is 1. The molecular formula is C18H17N3O2S. The van der Waals surface area contributed by atoms with Crippen LogP contribution in [0.1, 0.15) is 5.56 Å². The van der Waals surface area contributed by atoms with Crippen molar-refractivity contribution in [2.75, 3.05) is 17.7 Å². The third-order valence-corrected chi connectivity index (χ3v) is 4.05. The Kier molecular flexibility index (Phi) is 4.77. The summed E-state index contributed by atoms with van der Waals surface area (Å²) in [4.78, 5) is 16.2. The average Bonchev–Trinajstić information content (AvgIpc) is 3.01. The normalized spacial score (nSPS) is 10.4. The van der Waals surface area contributed by atoms with Gasteiger partial charge in [-0.3, -0.25) is 4.79 Å². The van der Waals surface area contributed by atoms with E-state index < -0.39 is 0 Å². The first-order chi connectivity index (χ1) is 11.6. The molecule has 0 saturated heterocycles. The first-order valence-electron chi connectivity index (χ1n) is 7.41. The Morgan fingerprint density at radius 2 is 1.88 bits per heavy atom. The molecule has 0 aliphatic carbocycles. The quantitative estimate of drug-likeness (QED) is 0.743. The van der Waals surface area contributed by atoms with Crippen LogP contribution in [0.3, 0.4) is 0 Å². The molecule has 0 saturated carbocycles. The zero-order chi connectivity index (χ0) is 16.9. The minimum absolute atomic E-state index is 0.0343. The summed E-state index contributed by atoms with van der Waals surface area (Å²) in [6, 6.07) is 15.0. The second-order valence-corrected chi connectivity index (χ2v) is 6.19. The Hall–Kier alpha value is -2.86. The second-order valence-electron chi connectivity index (χ2n) is 5.30. The highest BCUT2D eigenvalue weighted by atomic mass is 32.1. The molecule has 0 bridgehead atoms. The van der Waals surface area contributed by atoms with Crippen LogP contribution >= 0.6 is 11.3 Å². The van der Waals surface area contributed by atoms with Crippen molar-refractivity contribution in [1.29, 1.82) is 0 Å². The molecule has 3 rings (SSSR count). The molecular weight excluding hydrogens is 322 g/mol. The number of carbonyl (C=O) groups is 1. The third-order valence-electron chi connectivity index (χ3n) is 3.38. The summed E-state index contributed by atoms with van der Waals surface area (Å²) in [6.45, 7) is 1.97. The molecule has 0 unspecified atom stereocenters. The van der Waals surface area contributed by atoms with E-state index in [4.69, 9.17) is 10.5 Å². The smallest absolute Gasteiger partial charge is 0.262 e. The fourth-order valence-electron chi connectivity index (χ4n) is 2.12. The lowest BCUT2D eigenvalue weighted by molar-refractivity contribution is -0.118. The number of nitrogen functional groups attached to an aromatic ring is 1. The van der Waals surface area contributed by atoms with Gasteiger partial charge in [0.25, 0.3) is 5.91 Å². The van der Waals surface area contributed by atoms with E-state index in [9.17, 15) is 4.79 Å². The van der Waals surface area contributed by atoms with Gasteiger partial charge in [-0.25, -0.2) is 4.98 Å². The van der Waals surface area contributed by atoms with Crippen LogP contribution in [-0.4, -0.2) is 17.5 Å². The molecule has 1 aromatic heterocycles. The number of aromatic nitrogens is 1. The maximum Gasteiger partial charge on any atom is 0.262 e. The monoisotopic (exact) mass is 339 g/mol. The van der Waals surface area contributed by atoms with Crippen molar-refractivity contribution >= 4 is 28.1 Å². The van der Waals surface area contributed by atoms with Crippen molar-refractivity contribution in [2.24, 2.45) is 0 Å². The molecule has 0 aliphatic rings. The van der Waals surface area contributed by atoms with E-state index in [1.807, 2.05) is 60.8 Å². The van der Waals surface area contributed by atoms with E-state index in [1.54, 1.807) is 0 Å². The number of carbonyl (C=O) groups excluding carboxylic acids is 1. The van der Waals surface area contributed by atoms with E-state index in [1.165, 1.54) is 11.3 Å². The van der Waals surface area contributed by atoms with Gasteiger partial charge in [0.05, 0.1) is 5.69 Å². The summed E-state index contributed by atoms with van der Waals surface area (Å²) in [6.07, 6.45) is 0. The predicted octanol–water partition coefficient (Wildman–Crippen LogP) is 3.72. The molecule has 3 N–H and O–H groups in total. The molecule has 0 spiro atoms. The van der Waals surface area contributed by atoms with Crippen LogP contribution in [0.25, 0.3) is 11.3 Å². The summed E-state index contributed by atoms with van der Waals surface area (Å²) in [7, 11) is 0. The van der Waals surface area contributed by atoms with Gasteiger partial charge in [-0.05, 0) is 31.2 Å². The van der Waals surface area contributed by atoms with Gasteiger partial charge in [-0.2, -0.15) is 0 Å². The molecule has 2 aromatic carbocycles. The zero-order valence-electron chi connectivity index (χ0n) is 13.2. The van der Waals surface area contributed by atoms with Gasteiger partial charge in [0.2, 0.25) is 0 Å². The lowest BCUT2D eigenvalue weighted by Crippen LogP contribution is -2.20. The maximum absolute atomic E-state index is 11.9. The minimum Gasteiger partial charge on any atom is -0.484 e. The minimum atomic E-state index is -0.207. The Bertz CT molecular complexity index is 826. The molecule has 6 heteroatoms. The third kappa shape index (κ3) is 4.11. The lowest BCUT2D eigenvalue weighted by atomic mass is 10.1. The fraction of sp³-hybridized carbons (Fsp3) is 0.111. The van der Waals surface area contributed by atoms with Gasteiger partial charge in [0.15, 0.2) is 11.7 Å². The van der Waals surface area contributed by atoms with Gasteiger partial charge in [-0.1, -0.05) is 29.8 Å². The summed E-state index contributed by atoms with van der Waals surface area (Å²) < 4.78 is 5.46. The zero-order valence-corrected chi connectivity index (χ0v) is 14.0. The molecule has 0 radical (unpaired) electrons. The van der Waals surface area contributed by atoms with Crippen molar-refractivity contribution in [1.82, 2.24) is 4.98 Å². The molecule has 24 heavy (non-hydrogen) atoms. The number of hydrogen-bond acceptors (Lipinski definition) is 5. The molecule has 1 heterocycles. The summed E-state index contributed by atoms with van der Waals surface area (Å²) in [5.41, 5.74) is 9.28. The number of hydrogen-bond donors (Lipinski definition) is 2. The van der Waals surface area contributed by atoms with E-state index in [-0.39, 0.29) is 12.5 Å². The van der Waals surface area contributed by atoms with E-state index >= 15 is 0 Å². The highest BCUT2D eigenvalue weighted by molar-refractivity contribution is 7.13. The van der Waals surface area contributed by atoms with Gasteiger partial charge in [0, 0.05) is 16.6 Å². The van der Waals surface area contributed by atoms with Crippen molar-refractivity contribution in [3.8, 4) is 17.0 Å². The fourth-order valence-corrected chi connectivity index (χ4v) is 2.70. The summed E-state index contributed by atoms with van der Waals surface area (Å²) >= 11 is 1.40. The molecule has 1 amide bonds. The van der Waals surface area contributed by atoms with Crippen LogP contribution < -0.4 is 15.8 Å². The highest BCUT2D eigenvalue weighted by Gasteiger charge is 2.06. The average molecular weight is 339 g/mol. The highest BCUT2D eigenvalue weighted by Crippen LogP contribution is 2.24. The summed E-state index contributed by atoms with van der Waals surface area (Å²) in [5.74, 6) is 0.466. The Labute approximate surface area is 144 Å². The number of rotatable bonds is 5. The van der Waals surface area contributed by atoms with Crippen molar-refractivity contribution in [3.05, 3.63) is 59.5 Å². The number of ether oxygens (including phenoxy) is 1. The van der Waals surface area contributed by atoms with Gasteiger partial charge >= 0.3 is 0 Å². The lowest BCUT2D eigenvalue weighted by Gasteiger charge is -2.08. The SMILES string of the molecule is Cc1ccc(OCC(=O)Nc2ccc(-c3csc(N)n3)cc2)cc1. The molecule has 0 atom stereocenters. The second kappa shape index (κ2) is 7.14. The largest absolute Gasteiger partial charge is 0.484 e. The van der Waals surface area contributed by atoms with Crippen LogP contribution in [0.4, 0.5) is 10.8 Å². The first kappa shape index (κ1) is 16.0. The number of nitrogens with zero attached hydrogens (tertiary/aromatic N) is 1. The first-order valence-corrected chi connectivity index (χ1v) is 8.29. The van der Waals surface area contributed by atoms with Crippen LogP contribution in [0.5, 0.6) is 5.75 Å². The molecule has 5 nitrogen and oxygen atoms in total. The summed E-state index contributed by atoms with van der Waals surface area (Å²) in [5, 5.41) is 5.24. The number of nitrogens with two attached hydrogens (primary N) is 1. The number of amides is 1. The van der Waals surface area contributed by atoms with Crippen LogP contribution in [-0.2, 0) is 4.79 Å². The van der Waals surface area contributed by atoms with Crippen LogP contribution in [0.2, 0.25) is 0 Å². The van der Waals surface area contributed by atoms with E-state index in [2.05, 4.69) is 10.3 Å². The van der Waals surface area contributed by atoms with Gasteiger partial charge < -0.3 is 15.8 Å². The Morgan fingerprint density at radius 3 is 2.50 bits per heavy atom. The number of aryl methyl sites for hydroxylation is 1. The van der Waals surface area contributed by atoms with E-state index in [0.29, 0.717) is 16.6 Å². The van der Waals surface area contributed by atoms with Crippen LogP contribution in [0, 0.1) is 6.92 Å². The van der Waals surface area contributed by atoms with E-state index in [0.717, 1.165) is 16.8 Å². The standard InChI is InChI=1S/C18H17N3O2S/c1-12-2-8-15(9-3-12)23-10-17(22)20-14-6-4-13(5-7-14)16-11-24-18(19)21-16/h2-9,11H,10H2,1H3,(H2,19,21)(H,20,22).